The van der Waals surface area contributed by atoms with Gasteiger partial charge in [0.15, 0.2) is 0 Å². The molecule has 0 saturated heterocycles. The number of alkyl halides is 8. The topological polar surface area (TPSA) is 52.6 Å². The van der Waals surface area contributed by atoms with E-state index in [4.69, 9.17) is 0 Å². The quantitative estimate of drug-likeness (QED) is 0.525. The molecular weight excluding hydrogens is 336 g/mol. The van der Waals surface area contributed by atoms with E-state index < -0.39 is 48.8 Å². The monoisotopic (exact) mass is 346 g/mol. The van der Waals surface area contributed by atoms with E-state index >= 15 is 0 Å². The van der Waals surface area contributed by atoms with Crippen molar-refractivity contribution < 1.29 is 54.2 Å². The van der Waals surface area contributed by atoms with Crippen LogP contribution >= 0.6 is 0 Å². The SMILES string of the molecule is CCOC(=O)C(F)(F)C(F)(F)C(F)(F)C(F)(F)C(=O)OCC. The number of halogens is 8. The summed E-state index contributed by atoms with van der Waals surface area (Å²) in [7, 11) is 0. The molecule has 130 valence electrons. The predicted molar refractivity (Wildman–Crippen MR) is 53.1 cm³/mol. The number of rotatable bonds is 7. The van der Waals surface area contributed by atoms with Gasteiger partial charge in [-0.15, -0.1) is 0 Å². The molecule has 0 unspecified atom stereocenters. The standard InChI is InChI=1S/C10H10F8O4/c1-3-21-5(19)7(11,12)9(15,16)10(17,18)8(13,14)6(20)22-4-2/h3-4H2,1-2H3. The van der Waals surface area contributed by atoms with Crippen LogP contribution in [0.2, 0.25) is 0 Å². The molecule has 4 nitrogen and oxygen atoms in total. The lowest BCUT2D eigenvalue weighted by atomic mass is 9.98. The fourth-order valence-corrected chi connectivity index (χ4v) is 1.09. The van der Waals surface area contributed by atoms with Crippen LogP contribution in [0.25, 0.3) is 0 Å². The van der Waals surface area contributed by atoms with E-state index in [1.54, 1.807) is 0 Å². The molecule has 0 aliphatic heterocycles. The molecule has 0 fully saturated rings. The first-order valence-corrected chi connectivity index (χ1v) is 5.57. The summed E-state index contributed by atoms with van der Waals surface area (Å²) in [5, 5.41) is 0. The second-order valence-corrected chi connectivity index (χ2v) is 3.74. The maximum absolute atomic E-state index is 13.2. The largest absolute Gasteiger partial charge is 0.461 e. The van der Waals surface area contributed by atoms with Crippen LogP contribution in [0.3, 0.4) is 0 Å². The van der Waals surface area contributed by atoms with Gasteiger partial charge in [0, 0.05) is 0 Å². The molecule has 0 heterocycles. The highest BCUT2D eigenvalue weighted by Gasteiger charge is 2.85. The molecule has 0 aromatic carbocycles. The van der Waals surface area contributed by atoms with E-state index in [1.807, 2.05) is 0 Å². The first-order chi connectivity index (χ1) is 9.71. The van der Waals surface area contributed by atoms with Crippen molar-refractivity contribution in [3.8, 4) is 0 Å². The Labute approximate surface area is 118 Å². The van der Waals surface area contributed by atoms with Crippen molar-refractivity contribution in [3.63, 3.8) is 0 Å². The molecule has 0 rings (SSSR count). The summed E-state index contributed by atoms with van der Waals surface area (Å²) in [5.74, 6) is -32.7. The summed E-state index contributed by atoms with van der Waals surface area (Å²) < 4.78 is 112. The molecule has 0 bridgehead atoms. The van der Waals surface area contributed by atoms with Gasteiger partial charge in [0.25, 0.3) is 0 Å². The average Bonchev–Trinajstić information content (AvgIpc) is 2.38. The van der Waals surface area contributed by atoms with Crippen molar-refractivity contribution in [1.29, 1.82) is 0 Å². The molecule has 0 N–H and O–H groups in total. The number of hydrogen-bond donors (Lipinski definition) is 0. The molecule has 0 radical (unpaired) electrons. The van der Waals surface area contributed by atoms with Crippen LogP contribution in [0.1, 0.15) is 13.8 Å². The lowest BCUT2D eigenvalue weighted by Crippen LogP contribution is -2.66. The Morgan fingerprint density at radius 1 is 0.682 bits per heavy atom. The maximum atomic E-state index is 13.2. The molecule has 0 atom stereocenters. The highest BCUT2D eigenvalue weighted by atomic mass is 19.4. The molecule has 0 aromatic rings. The second-order valence-electron chi connectivity index (χ2n) is 3.74. The Kier molecular flexibility index (Phi) is 5.78. The van der Waals surface area contributed by atoms with Gasteiger partial charge in [0.1, 0.15) is 0 Å². The predicted octanol–water partition coefficient (Wildman–Crippen LogP) is 2.65. The van der Waals surface area contributed by atoms with E-state index in [1.165, 1.54) is 0 Å². The highest BCUT2D eigenvalue weighted by Crippen LogP contribution is 2.53. The summed E-state index contributed by atoms with van der Waals surface area (Å²) in [4.78, 5) is 21.3. The molecular formula is C10H10F8O4. The Balaban J connectivity index is 5.84. The first-order valence-electron chi connectivity index (χ1n) is 5.57. The average molecular weight is 346 g/mol. The van der Waals surface area contributed by atoms with E-state index in [0.29, 0.717) is 0 Å². The van der Waals surface area contributed by atoms with Crippen LogP contribution < -0.4 is 0 Å². The lowest BCUT2D eigenvalue weighted by Gasteiger charge is -2.34. The lowest BCUT2D eigenvalue weighted by molar-refractivity contribution is -0.354. The molecule has 12 heteroatoms. The zero-order valence-corrected chi connectivity index (χ0v) is 11.1. The fourth-order valence-electron chi connectivity index (χ4n) is 1.09. The molecule has 0 saturated carbocycles. The third-order valence-corrected chi connectivity index (χ3v) is 2.25. The van der Waals surface area contributed by atoms with E-state index in [0.717, 1.165) is 13.8 Å². The van der Waals surface area contributed by atoms with Crippen LogP contribution in [-0.2, 0) is 19.1 Å². The molecule has 0 amide bonds. The smallest absolute Gasteiger partial charge is 0.410 e. The second kappa shape index (κ2) is 6.24. The Hall–Kier alpha value is -1.62. The van der Waals surface area contributed by atoms with Crippen molar-refractivity contribution in [2.24, 2.45) is 0 Å². The first kappa shape index (κ1) is 20.4. The number of carbonyl (C=O) groups is 2. The Morgan fingerprint density at radius 2 is 0.909 bits per heavy atom. The van der Waals surface area contributed by atoms with Crippen molar-refractivity contribution in [3.05, 3.63) is 0 Å². The Bertz CT molecular complexity index is 395. The van der Waals surface area contributed by atoms with Crippen LogP contribution in [0, 0.1) is 0 Å². The molecule has 0 aliphatic rings. The van der Waals surface area contributed by atoms with Crippen molar-refractivity contribution in [1.82, 2.24) is 0 Å². The van der Waals surface area contributed by atoms with Gasteiger partial charge in [-0.25, -0.2) is 9.59 Å². The van der Waals surface area contributed by atoms with Crippen molar-refractivity contribution in [2.75, 3.05) is 13.2 Å². The molecule has 0 spiro atoms. The van der Waals surface area contributed by atoms with Crippen LogP contribution in [-0.4, -0.2) is 48.8 Å². The highest BCUT2D eigenvalue weighted by molar-refractivity contribution is 5.82. The van der Waals surface area contributed by atoms with Crippen LogP contribution in [0.4, 0.5) is 35.1 Å². The Morgan fingerprint density at radius 3 is 1.09 bits per heavy atom. The number of hydrogen-bond acceptors (Lipinski definition) is 4. The summed E-state index contributed by atoms with van der Waals surface area (Å²) in [6.07, 6.45) is 0. The third kappa shape index (κ3) is 2.95. The maximum Gasteiger partial charge on any atom is 0.410 e. The van der Waals surface area contributed by atoms with Gasteiger partial charge >= 0.3 is 35.6 Å². The van der Waals surface area contributed by atoms with E-state index in [9.17, 15) is 44.7 Å². The minimum Gasteiger partial charge on any atom is -0.461 e. The number of esters is 2. The van der Waals surface area contributed by atoms with Gasteiger partial charge in [0.2, 0.25) is 0 Å². The van der Waals surface area contributed by atoms with Gasteiger partial charge in [0.05, 0.1) is 13.2 Å². The van der Waals surface area contributed by atoms with E-state index in [2.05, 4.69) is 9.47 Å². The van der Waals surface area contributed by atoms with Gasteiger partial charge < -0.3 is 9.47 Å². The molecule has 0 aliphatic carbocycles. The zero-order chi connectivity index (χ0) is 18.0. The van der Waals surface area contributed by atoms with Crippen LogP contribution in [0.5, 0.6) is 0 Å². The zero-order valence-electron chi connectivity index (χ0n) is 11.1. The normalized spacial score (nSPS) is 13.7. The molecule has 0 aromatic heterocycles. The number of ether oxygens (including phenoxy) is 2. The van der Waals surface area contributed by atoms with Gasteiger partial charge in [-0.3, -0.25) is 0 Å². The molecule has 22 heavy (non-hydrogen) atoms. The van der Waals surface area contributed by atoms with Crippen LogP contribution in [0.15, 0.2) is 0 Å². The van der Waals surface area contributed by atoms with Crippen molar-refractivity contribution in [2.45, 2.75) is 37.5 Å². The minimum atomic E-state index is -6.91. The van der Waals surface area contributed by atoms with Gasteiger partial charge in [-0.2, -0.15) is 35.1 Å². The summed E-state index contributed by atoms with van der Waals surface area (Å²) in [6, 6.07) is 0. The van der Waals surface area contributed by atoms with Gasteiger partial charge in [-0.1, -0.05) is 0 Å². The van der Waals surface area contributed by atoms with Crippen molar-refractivity contribution >= 4 is 11.9 Å². The summed E-state index contributed by atoms with van der Waals surface area (Å²) in [5.41, 5.74) is 0. The van der Waals surface area contributed by atoms with E-state index in [-0.39, 0.29) is 0 Å². The number of carbonyl (C=O) groups excluding carboxylic acids is 2. The minimum absolute atomic E-state index is 0.886. The third-order valence-electron chi connectivity index (χ3n) is 2.25. The summed E-state index contributed by atoms with van der Waals surface area (Å²) in [6.45, 7) is -0.0242. The fraction of sp³-hybridized carbons (Fsp3) is 0.800. The summed E-state index contributed by atoms with van der Waals surface area (Å²) >= 11 is 0. The van der Waals surface area contributed by atoms with Gasteiger partial charge in [-0.05, 0) is 13.8 Å².